The average Bonchev–Trinajstić information content (AvgIpc) is 2.47. The van der Waals surface area contributed by atoms with Gasteiger partial charge in [0.15, 0.2) is 0 Å². The number of nitrogens with one attached hydrogen (secondary N) is 1. The van der Waals surface area contributed by atoms with Gasteiger partial charge in [0, 0.05) is 17.8 Å². The van der Waals surface area contributed by atoms with Crippen LogP contribution in [0.15, 0.2) is 36.4 Å². The molecule has 1 N–H and O–H groups in total. The van der Waals surface area contributed by atoms with Gasteiger partial charge in [0.2, 0.25) is 0 Å². The van der Waals surface area contributed by atoms with Gasteiger partial charge in [0.1, 0.15) is 11.6 Å². The summed E-state index contributed by atoms with van der Waals surface area (Å²) in [6.45, 7) is 0.970. The van der Waals surface area contributed by atoms with Crippen molar-refractivity contribution in [1.29, 1.82) is 0 Å². The minimum atomic E-state index is -0.456. The van der Waals surface area contributed by atoms with E-state index in [0.29, 0.717) is 12.8 Å². The van der Waals surface area contributed by atoms with Gasteiger partial charge >= 0.3 is 0 Å². The predicted molar refractivity (Wildman–Crippen MR) is 77.0 cm³/mol. The second kappa shape index (κ2) is 5.61. The highest BCUT2D eigenvalue weighted by Crippen LogP contribution is 2.27. The van der Waals surface area contributed by atoms with Crippen LogP contribution in [0.25, 0.3) is 0 Å². The molecule has 3 rings (SSSR count). The van der Waals surface area contributed by atoms with Gasteiger partial charge in [-0.1, -0.05) is 24.3 Å². The van der Waals surface area contributed by atoms with Gasteiger partial charge in [0.25, 0.3) is 0 Å². The van der Waals surface area contributed by atoms with Gasteiger partial charge in [-0.2, -0.15) is 0 Å². The van der Waals surface area contributed by atoms with Crippen LogP contribution in [-0.4, -0.2) is 6.54 Å². The third-order valence-corrected chi connectivity index (χ3v) is 3.87. The summed E-state index contributed by atoms with van der Waals surface area (Å²) in [5.74, 6) is -0.912. The molecule has 2 aromatic rings. The van der Waals surface area contributed by atoms with E-state index in [1.54, 1.807) is 0 Å². The third kappa shape index (κ3) is 2.53. The highest BCUT2D eigenvalue weighted by molar-refractivity contribution is 5.59. The highest BCUT2D eigenvalue weighted by Gasteiger charge is 2.14. The quantitative estimate of drug-likeness (QED) is 0.887. The van der Waals surface area contributed by atoms with Crippen LogP contribution < -0.4 is 5.32 Å². The summed E-state index contributed by atoms with van der Waals surface area (Å²) in [4.78, 5) is 0. The first-order chi connectivity index (χ1) is 9.75. The van der Waals surface area contributed by atoms with E-state index in [1.165, 1.54) is 23.8 Å². The molecule has 0 atom stereocenters. The average molecular weight is 273 g/mol. The Balaban J connectivity index is 1.82. The monoisotopic (exact) mass is 273 g/mol. The van der Waals surface area contributed by atoms with E-state index in [1.807, 2.05) is 12.1 Å². The van der Waals surface area contributed by atoms with Gasteiger partial charge in [-0.05, 0) is 48.9 Å². The minimum Gasteiger partial charge on any atom is -0.385 e. The van der Waals surface area contributed by atoms with E-state index in [-0.39, 0.29) is 5.56 Å². The van der Waals surface area contributed by atoms with Crippen LogP contribution in [0.5, 0.6) is 0 Å². The molecule has 0 unspecified atom stereocenters. The molecule has 0 bridgehead atoms. The van der Waals surface area contributed by atoms with Crippen molar-refractivity contribution < 1.29 is 8.78 Å². The fraction of sp³-hybridized carbons (Fsp3) is 0.294. The van der Waals surface area contributed by atoms with Gasteiger partial charge in [0.05, 0.1) is 0 Å². The molecule has 1 aliphatic rings. The van der Waals surface area contributed by atoms with Crippen LogP contribution in [0.4, 0.5) is 14.5 Å². The first kappa shape index (κ1) is 13.1. The van der Waals surface area contributed by atoms with Crippen molar-refractivity contribution >= 4 is 5.69 Å². The van der Waals surface area contributed by atoms with Gasteiger partial charge in [-0.3, -0.25) is 0 Å². The number of halogens is 2. The van der Waals surface area contributed by atoms with Crippen molar-refractivity contribution in [2.45, 2.75) is 25.7 Å². The van der Waals surface area contributed by atoms with Crippen LogP contribution in [0.2, 0.25) is 0 Å². The lowest BCUT2D eigenvalue weighted by Crippen LogP contribution is -2.14. The number of rotatable bonds is 3. The van der Waals surface area contributed by atoms with Crippen molar-refractivity contribution in [2.75, 3.05) is 11.9 Å². The van der Waals surface area contributed by atoms with Gasteiger partial charge in [-0.25, -0.2) is 8.78 Å². The Morgan fingerprint density at radius 2 is 1.70 bits per heavy atom. The smallest absolute Gasteiger partial charge is 0.129 e. The summed E-state index contributed by atoms with van der Waals surface area (Å²) in [6.07, 6.45) is 3.24. The SMILES string of the molecule is Fc1cccc(F)c1CCc1cccc2c1NCCC2. The highest BCUT2D eigenvalue weighted by atomic mass is 19.1. The van der Waals surface area contributed by atoms with Crippen LogP contribution in [0, 0.1) is 11.6 Å². The van der Waals surface area contributed by atoms with Gasteiger partial charge in [-0.15, -0.1) is 0 Å². The number of hydrogen-bond acceptors (Lipinski definition) is 1. The van der Waals surface area contributed by atoms with E-state index in [2.05, 4.69) is 11.4 Å². The molecule has 20 heavy (non-hydrogen) atoms. The lowest BCUT2D eigenvalue weighted by Gasteiger charge is -2.21. The standard InChI is InChI=1S/C17H17F2N/c18-15-7-2-8-16(19)14(15)10-9-13-5-1-4-12-6-3-11-20-17(12)13/h1-2,4-5,7-8,20H,3,6,9-11H2. The van der Waals surface area contributed by atoms with Crippen molar-refractivity contribution in [1.82, 2.24) is 0 Å². The van der Waals surface area contributed by atoms with E-state index in [4.69, 9.17) is 0 Å². The lowest BCUT2D eigenvalue weighted by molar-refractivity contribution is 0.554. The molecular formula is C17H17F2N. The zero-order valence-electron chi connectivity index (χ0n) is 11.3. The van der Waals surface area contributed by atoms with E-state index in [9.17, 15) is 8.78 Å². The van der Waals surface area contributed by atoms with E-state index in [0.717, 1.165) is 30.6 Å². The summed E-state index contributed by atoms with van der Waals surface area (Å²) < 4.78 is 27.3. The molecule has 0 amide bonds. The first-order valence-corrected chi connectivity index (χ1v) is 7.03. The topological polar surface area (TPSA) is 12.0 Å². The van der Waals surface area contributed by atoms with Crippen LogP contribution in [-0.2, 0) is 19.3 Å². The summed E-state index contributed by atoms with van der Waals surface area (Å²) in [7, 11) is 0. The Bertz CT molecular complexity index is 602. The Morgan fingerprint density at radius 1 is 0.950 bits per heavy atom. The first-order valence-electron chi connectivity index (χ1n) is 7.03. The number of aryl methyl sites for hydroxylation is 2. The number of para-hydroxylation sites is 1. The van der Waals surface area contributed by atoms with Crippen molar-refractivity contribution in [2.24, 2.45) is 0 Å². The molecule has 1 nitrogen and oxygen atoms in total. The Hall–Kier alpha value is -1.90. The predicted octanol–water partition coefficient (Wildman–Crippen LogP) is 4.11. The molecule has 0 aliphatic carbocycles. The molecule has 0 fully saturated rings. The molecule has 2 aromatic carbocycles. The fourth-order valence-electron chi connectivity index (χ4n) is 2.82. The number of fused-ring (bicyclic) bond motifs is 1. The Morgan fingerprint density at radius 3 is 2.50 bits per heavy atom. The molecule has 0 saturated carbocycles. The summed E-state index contributed by atoms with van der Waals surface area (Å²) >= 11 is 0. The Kier molecular flexibility index (Phi) is 3.68. The largest absolute Gasteiger partial charge is 0.385 e. The molecule has 0 saturated heterocycles. The molecule has 0 aromatic heterocycles. The molecule has 104 valence electrons. The maximum atomic E-state index is 13.6. The minimum absolute atomic E-state index is 0.181. The summed E-state index contributed by atoms with van der Waals surface area (Å²) in [5.41, 5.74) is 3.80. The zero-order chi connectivity index (χ0) is 13.9. The fourth-order valence-corrected chi connectivity index (χ4v) is 2.82. The molecule has 3 heteroatoms. The van der Waals surface area contributed by atoms with Gasteiger partial charge < -0.3 is 5.32 Å². The normalized spacial score (nSPS) is 13.7. The van der Waals surface area contributed by atoms with Crippen LogP contribution in [0.3, 0.4) is 0 Å². The number of anilines is 1. The molecule has 0 spiro atoms. The van der Waals surface area contributed by atoms with E-state index >= 15 is 0 Å². The van der Waals surface area contributed by atoms with Crippen LogP contribution >= 0.6 is 0 Å². The molecule has 0 radical (unpaired) electrons. The maximum Gasteiger partial charge on any atom is 0.129 e. The van der Waals surface area contributed by atoms with Crippen molar-refractivity contribution in [3.8, 4) is 0 Å². The summed E-state index contributed by atoms with van der Waals surface area (Å²) in [6, 6.07) is 10.2. The second-order valence-electron chi connectivity index (χ2n) is 5.18. The summed E-state index contributed by atoms with van der Waals surface area (Å²) in [5, 5.41) is 3.41. The van der Waals surface area contributed by atoms with Crippen LogP contribution in [0.1, 0.15) is 23.1 Å². The molecule has 1 heterocycles. The lowest BCUT2D eigenvalue weighted by atomic mass is 9.95. The maximum absolute atomic E-state index is 13.6. The molecular weight excluding hydrogens is 256 g/mol. The molecule has 1 aliphatic heterocycles. The number of benzene rings is 2. The van der Waals surface area contributed by atoms with E-state index < -0.39 is 11.6 Å². The Labute approximate surface area is 117 Å². The van der Waals surface area contributed by atoms with Crippen molar-refractivity contribution in [3.63, 3.8) is 0 Å². The van der Waals surface area contributed by atoms with Crippen molar-refractivity contribution in [3.05, 3.63) is 64.7 Å². The second-order valence-corrected chi connectivity index (χ2v) is 5.18. The zero-order valence-corrected chi connectivity index (χ0v) is 11.3. The number of hydrogen-bond donors (Lipinski definition) is 1. The third-order valence-electron chi connectivity index (χ3n) is 3.87.